The van der Waals surface area contributed by atoms with Crippen LogP contribution in [0.4, 0.5) is 0 Å². The highest BCUT2D eigenvalue weighted by molar-refractivity contribution is 4.98. The Bertz CT molecular complexity index is 221. The van der Waals surface area contributed by atoms with Crippen molar-refractivity contribution in [3.63, 3.8) is 0 Å². The molecule has 0 aliphatic heterocycles. The van der Waals surface area contributed by atoms with Crippen LogP contribution < -0.4 is 5.32 Å². The molecule has 2 nitrogen and oxygen atoms in total. The molecule has 1 saturated carbocycles. The van der Waals surface area contributed by atoms with Crippen molar-refractivity contribution in [2.75, 3.05) is 13.7 Å². The Kier molecular flexibility index (Phi) is 6.65. The molecular formula is C16H33NO. The van der Waals surface area contributed by atoms with Gasteiger partial charge in [-0.2, -0.15) is 0 Å². The van der Waals surface area contributed by atoms with E-state index in [1.165, 1.54) is 38.5 Å². The fraction of sp³-hybridized carbons (Fsp3) is 1.00. The van der Waals surface area contributed by atoms with Gasteiger partial charge >= 0.3 is 0 Å². The molecule has 0 aromatic rings. The van der Waals surface area contributed by atoms with Crippen molar-refractivity contribution in [2.24, 2.45) is 11.8 Å². The minimum atomic E-state index is 0.0879. The van der Waals surface area contributed by atoms with Gasteiger partial charge in [-0.3, -0.25) is 0 Å². The molecule has 0 spiro atoms. The van der Waals surface area contributed by atoms with Crippen molar-refractivity contribution in [3.8, 4) is 0 Å². The van der Waals surface area contributed by atoms with Gasteiger partial charge in [-0.1, -0.05) is 27.2 Å². The van der Waals surface area contributed by atoms with E-state index in [1.807, 2.05) is 0 Å². The summed E-state index contributed by atoms with van der Waals surface area (Å²) >= 11 is 0. The van der Waals surface area contributed by atoms with Crippen molar-refractivity contribution < 1.29 is 4.74 Å². The Balaban J connectivity index is 2.79. The van der Waals surface area contributed by atoms with E-state index < -0.39 is 0 Å². The van der Waals surface area contributed by atoms with Crippen LogP contribution >= 0.6 is 0 Å². The van der Waals surface area contributed by atoms with E-state index in [2.05, 4.69) is 40.1 Å². The van der Waals surface area contributed by atoms with E-state index in [4.69, 9.17) is 4.74 Å². The molecule has 2 heteroatoms. The summed E-state index contributed by atoms with van der Waals surface area (Å²) in [5.41, 5.74) is 0.0879. The second kappa shape index (κ2) is 7.49. The SMILES string of the molecule is CCCC(C)C(NC)C1(OCC)CCC(C)CC1. The molecule has 1 fully saturated rings. The highest BCUT2D eigenvalue weighted by Crippen LogP contribution is 2.40. The monoisotopic (exact) mass is 255 g/mol. The van der Waals surface area contributed by atoms with Gasteiger partial charge in [-0.25, -0.2) is 0 Å². The third kappa shape index (κ3) is 3.71. The van der Waals surface area contributed by atoms with E-state index >= 15 is 0 Å². The van der Waals surface area contributed by atoms with Gasteiger partial charge in [0.1, 0.15) is 0 Å². The number of hydrogen-bond donors (Lipinski definition) is 1. The van der Waals surface area contributed by atoms with E-state index in [0.717, 1.165) is 12.5 Å². The molecule has 1 aliphatic rings. The number of nitrogens with one attached hydrogen (secondary N) is 1. The maximum atomic E-state index is 6.28. The third-order valence-corrected chi connectivity index (χ3v) is 4.74. The Labute approximate surface area is 114 Å². The second-order valence-corrected chi connectivity index (χ2v) is 6.21. The van der Waals surface area contributed by atoms with Gasteiger partial charge in [0.25, 0.3) is 0 Å². The van der Waals surface area contributed by atoms with Gasteiger partial charge < -0.3 is 10.1 Å². The van der Waals surface area contributed by atoms with Gasteiger partial charge in [0.15, 0.2) is 0 Å². The fourth-order valence-electron chi connectivity index (χ4n) is 3.77. The van der Waals surface area contributed by atoms with E-state index in [-0.39, 0.29) is 5.60 Å². The van der Waals surface area contributed by atoms with Crippen LogP contribution in [0.2, 0.25) is 0 Å². The maximum absolute atomic E-state index is 6.28. The summed E-state index contributed by atoms with van der Waals surface area (Å²) in [6.45, 7) is 10.0. The zero-order chi connectivity index (χ0) is 13.6. The molecule has 0 bridgehead atoms. The molecule has 1 N–H and O–H groups in total. The molecule has 1 rings (SSSR count). The van der Waals surface area contributed by atoms with Crippen molar-refractivity contribution in [3.05, 3.63) is 0 Å². The molecule has 0 amide bonds. The van der Waals surface area contributed by atoms with Crippen molar-refractivity contribution in [1.29, 1.82) is 0 Å². The lowest BCUT2D eigenvalue weighted by atomic mass is 9.71. The number of ether oxygens (including phenoxy) is 1. The summed E-state index contributed by atoms with van der Waals surface area (Å²) in [7, 11) is 2.11. The molecule has 2 unspecified atom stereocenters. The minimum absolute atomic E-state index is 0.0879. The Morgan fingerprint density at radius 2 is 1.89 bits per heavy atom. The lowest BCUT2D eigenvalue weighted by Gasteiger charge is -2.47. The van der Waals surface area contributed by atoms with E-state index in [1.54, 1.807) is 0 Å². The largest absolute Gasteiger partial charge is 0.374 e. The van der Waals surface area contributed by atoms with Gasteiger partial charge in [-0.05, 0) is 57.9 Å². The quantitative estimate of drug-likeness (QED) is 0.742. The van der Waals surface area contributed by atoms with Crippen LogP contribution in [0.25, 0.3) is 0 Å². The van der Waals surface area contributed by atoms with Gasteiger partial charge in [-0.15, -0.1) is 0 Å². The van der Waals surface area contributed by atoms with E-state index in [0.29, 0.717) is 12.0 Å². The first kappa shape index (κ1) is 16.0. The number of likely N-dealkylation sites (N-methyl/N-ethyl adjacent to an activating group) is 1. The zero-order valence-corrected chi connectivity index (χ0v) is 13.1. The van der Waals surface area contributed by atoms with E-state index in [9.17, 15) is 0 Å². The summed E-state index contributed by atoms with van der Waals surface area (Å²) in [6, 6.07) is 0.505. The summed E-state index contributed by atoms with van der Waals surface area (Å²) in [5, 5.41) is 3.57. The van der Waals surface area contributed by atoms with Crippen LogP contribution in [0.3, 0.4) is 0 Å². The van der Waals surface area contributed by atoms with Crippen LogP contribution in [-0.2, 0) is 4.74 Å². The second-order valence-electron chi connectivity index (χ2n) is 6.21. The molecular weight excluding hydrogens is 222 g/mol. The first-order chi connectivity index (χ1) is 8.59. The predicted octanol–water partition coefficient (Wildman–Crippen LogP) is 4.00. The Hall–Kier alpha value is -0.0800. The summed E-state index contributed by atoms with van der Waals surface area (Å²) in [4.78, 5) is 0. The van der Waals surface area contributed by atoms with Gasteiger partial charge in [0, 0.05) is 12.6 Å². The lowest BCUT2D eigenvalue weighted by Crippen LogP contribution is -2.56. The highest BCUT2D eigenvalue weighted by atomic mass is 16.5. The summed E-state index contributed by atoms with van der Waals surface area (Å²) in [5.74, 6) is 1.57. The molecule has 0 radical (unpaired) electrons. The molecule has 0 aromatic carbocycles. The molecule has 1 aliphatic carbocycles. The van der Waals surface area contributed by atoms with Crippen LogP contribution in [0.1, 0.15) is 66.2 Å². The van der Waals surface area contributed by atoms with Crippen molar-refractivity contribution in [2.45, 2.75) is 77.9 Å². The first-order valence-electron chi connectivity index (χ1n) is 7.90. The van der Waals surface area contributed by atoms with Crippen molar-refractivity contribution in [1.82, 2.24) is 5.32 Å². The fourth-order valence-corrected chi connectivity index (χ4v) is 3.77. The van der Waals surface area contributed by atoms with Crippen LogP contribution in [0.5, 0.6) is 0 Å². The molecule has 2 atom stereocenters. The molecule has 0 heterocycles. The predicted molar refractivity (Wildman–Crippen MR) is 78.9 cm³/mol. The highest BCUT2D eigenvalue weighted by Gasteiger charge is 2.43. The average molecular weight is 255 g/mol. The normalized spacial score (nSPS) is 32.2. The van der Waals surface area contributed by atoms with Crippen molar-refractivity contribution >= 4 is 0 Å². The maximum Gasteiger partial charge on any atom is 0.0837 e. The van der Waals surface area contributed by atoms with Crippen LogP contribution in [0.15, 0.2) is 0 Å². The summed E-state index contributed by atoms with van der Waals surface area (Å²) in [6.07, 6.45) is 7.63. The van der Waals surface area contributed by atoms with Gasteiger partial charge in [0.05, 0.1) is 5.60 Å². The Morgan fingerprint density at radius 1 is 1.28 bits per heavy atom. The third-order valence-electron chi connectivity index (χ3n) is 4.74. The summed E-state index contributed by atoms with van der Waals surface area (Å²) < 4.78 is 6.28. The number of rotatable bonds is 7. The molecule has 18 heavy (non-hydrogen) atoms. The molecule has 0 aromatic heterocycles. The van der Waals surface area contributed by atoms with Crippen LogP contribution in [-0.4, -0.2) is 25.3 Å². The standard InChI is InChI=1S/C16H33NO/c1-6-8-14(4)15(17-5)16(18-7-2)11-9-13(3)10-12-16/h13-15,17H,6-12H2,1-5H3. The minimum Gasteiger partial charge on any atom is -0.374 e. The Morgan fingerprint density at radius 3 is 2.33 bits per heavy atom. The smallest absolute Gasteiger partial charge is 0.0837 e. The lowest BCUT2D eigenvalue weighted by molar-refractivity contribution is -0.106. The average Bonchev–Trinajstić information content (AvgIpc) is 2.34. The van der Waals surface area contributed by atoms with Crippen LogP contribution in [0, 0.1) is 11.8 Å². The molecule has 108 valence electrons. The topological polar surface area (TPSA) is 21.3 Å². The molecule has 0 saturated heterocycles. The zero-order valence-electron chi connectivity index (χ0n) is 13.1. The first-order valence-corrected chi connectivity index (χ1v) is 7.90. The number of hydrogen-bond acceptors (Lipinski definition) is 2. The van der Waals surface area contributed by atoms with Gasteiger partial charge in [0.2, 0.25) is 0 Å².